The highest BCUT2D eigenvalue weighted by molar-refractivity contribution is 9.47. The van der Waals surface area contributed by atoms with E-state index in [1.165, 1.54) is 49.1 Å². The number of carbonyl (C=O) groups excluding carboxylic acids is 1. The van der Waals surface area contributed by atoms with Crippen LogP contribution >= 0.6 is 60.8 Å². The molecule has 2 nitrogen and oxygen atoms in total. The van der Waals surface area contributed by atoms with Crippen LogP contribution in [0.1, 0.15) is 0 Å². The summed E-state index contributed by atoms with van der Waals surface area (Å²) in [7, 11) is 6.80. The predicted octanol–water partition coefficient (Wildman–Crippen LogP) is 3.23. The van der Waals surface area contributed by atoms with Crippen LogP contribution in [0.3, 0.4) is 0 Å². The maximum Gasteiger partial charge on any atom is 0.294 e. The monoisotopic (exact) mass is 333 g/mol. The van der Waals surface area contributed by atoms with Crippen molar-refractivity contribution in [1.29, 1.82) is 0 Å². The lowest BCUT2D eigenvalue weighted by atomic mass is 11.5. The van der Waals surface area contributed by atoms with Crippen molar-refractivity contribution >= 4 is 94.6 Å². The third kappa shape index (κ3) is 6.76. The summed E-state index contributed by atoms with van der Waals surface area (Å²) >= 11 is 13.6. The van der Waals surface area contributed by atoms with Gasteiger partial charge < -0.3 is 5.73 Å². The third-order valence-electron chi connectivity index (χ3n) is 0.450. The number of thiol groups is 1. The van der Waals surface area contributed by atoms with Crippen LogP contribution in [0.4, 0.5) is 4.79 Å². The van der Waals surface area contributed by atoms with Crippen LogP contribution in [-0.2, 0) is 28.6 Å². The Morgan fingerprint density at radius 1 is 1.33 bits per heavy atom. The van der Waals surface area contributed by atoms with Crippen LogP contribution in [0.15, 0.2) is 0 Å². The van der Waals surface area contributed by atoms with Crippen LogP contribution in [0.5, 0.6) is 0 Å². The first-order valence-electron chi connectivity index (χ1n) is 2.05. The maximum absolute atomic E-state index is 10.7. The number of hydrogen-bond acceptors (Lipinski definition) is 9. The Morgan fingerprint density at radius 2 is 1.92 bits per heavy atom. The molecule has 0 aliphatic carbocycles. The third-order valence-corrected chi connectivity index (χ3v) is 16.9. The summed E-state index contributed by atoms with van der Waals surface area (Å²) in [6.45, 7) is 0. The second-order valence-corrected chi connectivity index (χ2v) is 17.8. The van der Waals surface area contributed by atoms with Gasteiger partial charge in [-0.2, -0.15) is 0 Å². The van der Waals surface area contributed by atoms with E-state index >= 15 is 0 Å². The molecule has 0 rings (SSSR count). The van der Waals surface area contributed by atoms with Crippen LogP contribution in [0.25, 0.3) is 0 Å². The van der Waals surface area contributed by atoms with Gasteiger partial charge >= 0.3 is 0 Å². The van der Waals surface area contributed by atoms with Crippen molar-refractivity contribution in [3.8, 4) is 0 Å². The molecule has 0 saturated heterocycles. The van der Waals surface area contributed by atoms with Crippen molar-refractivity contribution in [2.45, 2.75) is 0 Å². The van der Waals surface area contributed by atoms with Crippen molar-refractivity contribution in [2.75, 3.05) is 0 Å². The summed E-state index contributed by atoms with van der Waals surface area (Å²) in [5.41, 5.74) is 5.00. The van der Waals surface area contributed by atoms with E-state index in [1.54, 1.807) is 0 Å². The molecule has 0 radical (unpaired) electrons. The number of amides is 1. The summed E-state index contributed by atoms with van der Waals surface area (Å²) in [5.74, 6) is 0. The zero-order valence-electron chi connectivity index (χ0n) is 5.20. The molecule has 11 heteroatoms. The van der Waals surface area contributed by atoms with E-state index < -0.39 is 11.4 Å². The Morgan fingerprint density at radius 3 is 2.33 bits per heavy atom. The first-order valence-corrected chi connectivity index (χ1v) is 13.2. The van der Waals surface area contributed by atoms with E-state index in [0.717, 1.165) is 0 Å². The Kier molecular flexibility index (Phi) is 9.13. The van der Waals surface area contributed by atoms with Gasteiger partial charge in [-0.1, -0.05) is 11.7 Å². The predicted molar refractivity (Wildman–Crippen MR) is 78.6 cm³/mol. The molecular weight excluding hydrogens is 331 g/mol. The first-order chi connectivity index (χ1) is 5.50. The van der Waals surface area contributed by atoms with Gasteiger partial charge in [0, 0.05) is 19.7 Å². The maximum atomic E-state index is 10.7. The minimum atomic E-state index is -2.16. The van der Waals surface area contributed by atoms with Gasteiger partial charge in [-0.3, -0.25) is 4.79 Å². The summed E-state index contributed by atoms with van der Waals surface area (Å²) in [6.07, 6.45) is -2.16. The Labute approximate surface area is 104 Å². The first kappa shape index (κ1) is 14.4. The molecule has 0 aromatic carbocycles. The molecule has 0 spiro atoms. The number of carbonyl (C=O) groups is 1. The van der Waals surface area contributed by atoms with Gasteiger partial charge in [0.05, 0.1) is 6.18 Å². The standard InChI is InChI=1S/CH3NOS9/c2-1(3)12(5,6)11-10-9-8-7-4/h4H,(H2,2,3). The van der Waals surface area contributed by atoms with E-state index in [0.29, 0.717) is 0 Å². The van der Waals surface area contributed by atoms with Gasteiger partial charge in [0.2, 0.25) is 0 Å². The van der Waals surface area contributed by atoms with Crippen LogP contribution in [-0.4, -0.2) is 5.24 Å². The minimum Gasteiger partial charge on any atom is -0.359 e. The zero-order valence-corrected chi connectivity index (χ0v) is 12.6. The van der Waals surface area contributed by atoms with Crippen molar-refractivity contribution < 1.29 is 4.79 Å². The van der Waals surface area contributed by atoms with E-state index in [1.807, 2.05) is 0 Å². The molecule has 0 unspecified atom stereocenters. The molecule has 1 amide bonds. The van der Waals surface area contributed by atoms with Crippen molar-refractivity contribution in [3.05, 3.63) is 0 Å². The fourth-order valence-corrected chi connectivity index (χ4v) is 16.1. The van der Waals surface area contributed by atoms with Gasteiger partial charge in [0.15, 0.2) is 0 Å². The molecule has 0 aliphatic rings. The van der Waals surface area contributed by atoms with Gasteiger partial charge in [-0.25, -0.2) is 0 Å². The number of primary amides is 1. The Balaban J connectivity index is 3.71. The Hall–Kier alpha value is 2.36. The summed E-state index contributed by atoms with van der Waals surface area (Å²) in [4.78, 5) is 10.7. The number of hydrogen-bond donors (Lipinski definition) is 2. The van der Waals surface area contributed by atoms with Gasteiger partial charge in [0.25, 0.3) is 5.24 Å². The largest absolute Gasteiger partial charge is 0.359 e. The molecule has 0 fully saturated rings. The molecule has 12 heavy (non-hydrogen) atoms. The molecule has 0 aromatic rings. The zero-order chi connectivity index (χ0) is 9.61. The second-order valence-electron chi connectivity index (χ2n) is 1.12. The average molecular weight is 334 g/mol. The second kappa shape index (κ2) is 7.63. The van der Waals surface area contributed by atoms with Gasteiger partial charge in [-0.05, 0) is 51.9 Å². The van der Waals surface area contributed by atoms with E-state index in [2.05, 4.69) is 11.7 Å². The molecular formula is CH3NOS9. The normalized spacial score (nSPS) is 11.4. The molecule has 72 valence electrons. The van der Waals surface area contributed by atoms with Crippen molar-refractivity contribution in [2.24, 2.45) is 5.73 Å². The highest BCUT2D eigenvalue weighted by Gasteiger charge is 2.10. The van der Waals surface area contributed by atoms with Crippen LogP contribution in [0.2, 0.25) is 0 Å². The molecule has 0 saturated carbocycles. The molecule has 0 bridgehead atoms. The molecule has 2 N–H and O–H groups in total. The number of rotatable bonds is 5. The topological polar surface area (TPSA) is 43.1 Å². The minimum absolute atomic E-state index is 0.575. The lowest BCUT2D eigenvalue weighted by Gasteiger charge is -2.01. The van der Waals surface area contributed by atoms with E-state index in [9.17, 15) is 4.79 Å². The number of nitrogens with two attached hydrogens (primary N) is 1. The highest BCUT2D eigenvalue weighted by Crippen LogP contribution is 2.51. The fraction of sp³-hybridized carbons (Fsp3) is 0. The summed E-state index contributed by atoms with van der Waals surface area (Å²) in [5, 5.41) is -0.575. The Bertz CT molecular complexity index is 229. The quantitative estimate of drug-likeness (QED) is 0.452. The van der Waals surface area contributed by atoms with Crippen molar-refractivity contribution in [3.63, 3.8) is 0 Å². The van der Waals surface area contributed by atoms with Crippen molar-refractivity contribution in [1.82, 2.24) is 0 Å². The average Bonchev–Trinajstić information content (AvgIpc) is 1.98. The van der Waals surface area contributed by atoms with E-state index in [-0.39, 0.29) is 0 Å². The van der Waals surface area contributed by atoms with Gasteiger partial charge in [-0.15, -0.1) is 0 Å². The smallest absolute Gasteiger partial charge is 0.294 e. The molecule has 0 aliphatic heterocycles. The SMILES string of the molecule is NC(=O)S(=S)(=S)SSSSSS. The fourth-order valence-electron chi connectivity index (χ4n) is 0.105. The summed E-state index contributed by atoms with van der Waals surface area (Å²) in [6, 6.07) is 0. The van der Waals surface area contributed by atoms with Crippen LogP contribution in [0, 0.1) is 0 Å². The van der Waals surface area contributed by atoms with Crippen LogP contribution < -0.4 is 5.73 Å². The molecule has 0 heterocycles. The molecule has 0 aromatic heterocycles. The summed E-state index contributed by atoms with van der Waals surface area (Å²) < 4.78 is 0. The lowest BCUT2D eigenvalue weighted by molar-refractivity contribution is 0.267. The van der Waals surface area contributed by atoms with E-state index in [4.69, 9.17) is 28.1 Å². The lowest BCUT2D eigenvalue weighted by Crippen LogP contribution is -2.15. The molecule has 0 atom stereocenters. The highest BCUT2D eigenvalue weighted by atomic mass is 34.0. The van der Waals surface area contributed by atoms with Gasteiger partial charge in [0.1, 0.15) is 0 Å².